The van der Waals surface area contributed by atoms with Crippen molar-refractivity contribution < 1.29 is 9.84 Å². The highest BCUT2D eigenvalue weighted by atomic mass is 35.5. The molecule has 0 amide bonds. The number of rotatable bonds is 4. The molecule has 0 aromatic heterocycles. The zero-order chi connectivity index (χ0) is 15.6. The van der Waals surface area contributed by atoms with Gasteiger partial charge in [0.05, 0.1) is 27.9 Å². The van der Waals surface area contributed by atoms with E-state index in [0.29, 0.717) is 22.0 Å². The number of nitrogens with zero attached hydrogens (tertiary/aromatic N) is 1. The molecule has 1 aromatic carbocycles. The van der Waals surface area contributed by atoms with Crippen LogP contribution in [0.3, 0.4) is 0 Å². The van der Waals surface area contributed by atoms with Crippen molar-refractivity contribution in [1.82, 2.24) is 4.90 Å². The summed E-state index contributed by atoms with van der Waals surface area (Å²) in [6, 6.07) is 5.36. The number of benzene rings is 1. The van der Waals surface area contributed by atoms with Gasteiger partial charge in [0.1, 0.15) is 0 Å². The SMILES string of the molecule is CC1CN(CCC(O)c2cccc(Cl)c2Cl)CC(C)(C)O1. The molecule has 0 spiro atoms. The Hall–Kier alpha value is -0.320. The van der Waals surface area contributed by atoms with Gasteiger partial charge in [0.25, 0.3) is 0 Å². The summed E-state index contributed by atoms with van der Waals surface area (Å²) in [6.45, 7) is 8.84. The van der Waals surface area contributed by atoms with Crippen LogP contribution in [0.25, 0.3) is 0 Å². The lowest BCUT2D eigenvalue weighted by atomic mass is 10.0. The number of aliphatic hydroxyl groups excluding tert-OH is 1. The average Bonchev–Trinajstić information content (AvgIpc) is 2.37. The van der Waals surface area contributed by atoms with Crippen LogP contribution >= 0.6 is 23.2 Å². The molecule has 5 heteroatoms. The third-order valence-corrected chi connectivity index (χ3v) is 4.53. The van der Waals surface area contributed by atoms with Gasteiger partial charge in [-0.15, -0.1) is 0 Å². The van der Waals surface area contributed by atoms with E-state index in [2.05, 4.69) is 25.7 Å². The first-order chi connectivity index (χ1) is 9.78. The van der Waals surface area contributed by atoms with Gasteiger partial charge in [-0.05, 0) is 33.3 Å². The van der Waals surface area contributed by atoms with Gasteiger partial charge in [-0.2, -0.15) is 0 Å². The van der Waals surface area contributed by atoms with Crippen LogP contribution in [0.5, 0.6) is 0 Å². The van der Waals surface area contributed by atoms with Crippen molar-refractivity contribution >= 4 is 23.2 Å². The van der Waals surface area contributed by atoms with Crippen molar-refractivity contribution in [2.75, 3.05) is 19.6 Å². The standard InChI is InChI=1S/C16H23Cl2NO2/c1-11-9-19(10-16(2,3)21-11)8-7-14(20)12-5-4-6-13(17)15(12)18/h4-6,11,14,20H,7-10H2,1-3H3. The highest BCUT2D eigenvalue weighted by molar-refractivity contribution is 6.42. The lowest BCUT2D eigenvalue weighted by Crippen LogP contribution is -2.52. The van der Waals surface area contributed by atoms with E-state index < -0.39 is 6.10 Å². The number of hydrogen-bond acceptors (Lipinski definition) is 3. The molecule has 1 aromatic rings. The number of aliphatic hydroxyl groups is 1. The molecular weight excluding hydrogens is 309 g/mol. The number of hydrogen-bond donors (Lipinski definition) is 1. The zero-order valence-corrected chi connectivity index (χ0v) is 14.3. The normalized spacial score (nSPS) is 24.0. The highest BCUT2D eigenvalue weighted by Gasteiger charge is 2.31. The van der Waals surface area contributed by atoms with Crippen LogP contribution in [0.15, 0.2) is 18.2 Å². The molecule has 1 aliphatic heterocycles. The second-order valence-corrected chi connectivity index (χ2v) is 7.16. The minimum absolute atomic E-state index is 0.143. The molecular formula is C16H23Cl2NO2. The molecule has 0 aliphatic carbocycles. The van der Waals surface area contributed by atoms with Crippen LogP contribution in [-0.4, -0.2) is 41.3 Å². The van der Waals surface area contributed by atoms with E-state index in [4.69, 9.17) is 27.9 Å². The molecule has 1 aliphatic rings. The maximum absolute atomic E-state index is 10.4. The Bertz CT molecular complexity index is 493. The molecule has 0 bridgehead atoms. The van der Waals surface area contributed by atoms with Gasteiger partial charge in [-0.1, -0.05) is 35.3 Å². The van der Waals surface area contributed by atoms with E-state index in [0.717, 1.165) is 19.6 Å². The van der Waals surface area contributed by atoms with E-state index in [1.54, 1.807) is 6.07 Å². The molecule has 0 radical (unpaired) electrons. The van der Waals surface area contributed by atoms with Gasteiger partial charge in [0.15, 0.2) is 0 Å². The molecule has 118 valence electrons. The predicted octanol–water partition coefficient (Wildman–Crippen LogP) is 3.92. The Morgan fingerprint density at radius 3 is 2.81 bits per heavy atom. The van der Waals surface area contributed by atoms with Crippen molar-refractivity contribution in [2.24, 2.45) is 0 Å². The quantitative estimate of drug-likeness (QED) is 0.907. The fourth-order valence-electron chi connectivity index (χ4n) is 2.99. The number of halogens is 2. The molecule has 2 unspecified atom stereocenters. The van der Waals surface area contributed by atoms with E-state index in [-0.39, 0.29) is 11.7 Å². The van der Waals surface area contributed by atoms with E-state index in [9.17, 15) is 5.11 Å². The summed E-state index contributed by atoms with van der Waals surface area (Å²) in [7, 11) is 0. The van der Waals surface area contributed by atoms with Gasteiger partial charge in [0, 0.05) is 25.2 Å². The highest BCUT2D eigenvalue weighted by Crippen LogP contribution is 2.31. The predicted molar refractivity (Wildman–Crippen MR) is 87.1 cm³/mol. The largest absolute Gasteiger partial charge is 0.388 e. The molecule has 1 N–H and O–H groups in total. The first kappa shape index (κ1) is 17.0. The van der Waals surface area contributed by atoms with Gasteiger partial charge < -0.3 is 9.84 Å². The first-order valence-corrected chi connectivity index (χ1v) is 8.06. The number of morpholine rings is 1. The van der Waals surface area contributed by atoms with Crippen LogP contribution in [0.1, 0.15) is 38.9 Å². The van der Waals surface area contributed by atoms with Crippen LogP contribution < -0.4 is 0 Å². The zero-order valence-electron chi connectivity index (χ0n) is 12.8. The van der Waals surface area contributed by atoms with Crippen LogP contribution in [0.2, 0.25) is 10.0 Å². The summed E-state index contributed by atoms with van der Waals surface area (Å²) >= 11 is 12.1. The van der Waals surface area contributed by atoms with Crippen molar-refractivity contribution in [3.8, 4) is 0 Å². The van der Waals surface area contributed by atoms with Gasteiger partial charge >= 0.3 is 0 Å². The monoisotopic (exact) mass is 331 g/mol. The second kappa shape index (κ2) is 6.84. The Kier molecular flexibility index (Phi) is 5.55. The fraction of sp³-hybridized carbons (Fsp3) is 0.625. The minimum atomic E-state index is -0.600. The van der Waals surface area contributed by atoms with Gasteiger partial charge in [-0.25, -0.2) is 0 Å². The minimum Gasteiger partial charge on any atom is -0.388 e. The summed E-state index contributed by atoms with van der Waals surface area (Å²) in [5.41, 5.74) is 0.556. The van der Waals surface area contributed by atoms with E-state index in [1.807, 2.05) is 12.1 Å². The van der Waals surface area contributed by atoms with Crippen molar-refractivity contribution in [2.45, 2.75) is 45.0 Å². The molecule has 1 saturated heterocycles. The van der Waals surface area contributed by atoms with Crippen molar-refractivity contribution in [1.29, 1.82) is 0 Å². The Morgan fingerprint density at radius 2 is 2.14 bits per heavy atom. The molecule has 3 nitrogen and oxygen atoms in total. The summed E-state index contributed by atoms with van der Waals surface area (Å²) in [5, 5.41) is 11.3. The Labute approximate surface area is 136 Å². The first-order valence-electron chi connectivity index (χ1n) is 7.30. The topological polar surface area (TPSA) is 32.7 Å². The molecule has 1 heterocycles. The smallest absolute Gasteiger partial charge is 0.0817 e. The summed E-state index contributed by atoms with van der Waals surface area (Å²) in [4.78, 5) is 2.33. The maximum Gasteiger partial charge on any atom is 0.0817 e. The molecule has 0 saturated carbocycles. The third-order valence-electron chi connectivity index (χ3n) is 3.70. The fourth-order valence-corrected chi connectivity index (χ4v) is 3.43. The average molecular weight is 332 g/mol. The van der Waals surface area contributed by atoms with Crippen molar-refractivity contribution in [3.63, 3.8) is 0 Å². The Morgan fingerprint density at radius 1 is 1.43 bits per heavy atom. The molecule has 1 fully saturated rings. The molecule has 2 rings (SSSR count). The van der Waals surface area contributed by atoms with E-state index in [1.165, 1.54) is 0 Å². The van der Waals surface area contributed by atoms with Crippen LogP contribution in [0.4, 0.5) is 0 Å². The van der Waals surface area contributed by atoms with E-state index >= 15 is 0 Å². The van der Waals surface area contributed by atoms with Gasteiger partial charge in [0.2, 0.25) is 0 Å². The molecule has 21 heavy (non-hydrogen) atoms. The van der Waals surface area contributed by atoms with Crippen LogP contribution in [-0.2, 0) is 4.74 Å². The summed E-state index contributed by atoms with van der Waals surface area (Å²) < 4.78 is 5.89. The lowest BCUT2D eigenvalue weighted by molar-refractivity contribution is -0.130. The molecule has 2 atom stereocenters. The van der Waals surface area contributed by atoms with Crippen molar-refractivity contribution in [3.05, 3.63) is 33.8 Å². The van der Waals surface area contributed by atoms with Gasteiger partial charge in [-0.3, -0.25) is 4.90 Å². The maximum atomic E-state index is 10.4. The second-order valence-electron chi connectivity index (χ2n) is 6.37. The lowest BCUT2D eigenvalue weighted by Gasteiger charge is -2.42. The summed E-state index contributed by atoms with van der Waals surface area (Å²) in [6.07, 6.45) is 0.237. The third kappa shape index (κ3) is 4.57. The Balaban J connectivity index is 1.95. The number of ether oxygens (including phenoxy) is 1. The summed E-state index contributed by atoms with van der Waals surface area (Å²) in [5.74, 6) is 0. The van der Waals surface area contributed by atoms with Crippen LogP contribution in [0, 0.1) is 0 Å².